The molecule has 130 valence electrons. The van der Waals surface area contributed by atoms with Crippen LogP contribution in [0.25, 0.3) is 10.2 Å². The van der Waals surface area contributed by atoms with Crippen molar-refractivity contribution in [1.29, 1.82) is 0 Å². The maximum Gasteiger partial charge on any atom is 0.410 e. The maximum absolute atomic E-state index is 12.3. The number of fused-ring (bicyclic) bond motifs is 1. The number of aromatic nitrogens is 2. The first-order valence-electron chi connectivity index (χ1n) is 7.90. The van der Waals surface area contributed by atoms with Gasteiger partial charge in [-0.2, -0.15) is 4.98 Å². The van der Waals surface area contributed by atoms with Crippen LogP contribution >= 0.6 is 22.9 Å². The number of carbonyl (C=O) groups is 1. The molecule has 1 aliphatic heterocycles. The molecule has 8 heteroatoms. The van der Waals surface area contributed by atoms with Crippen molar-refractivity contribution in [2.45, 2.75) is 39.3 Å². The van der Waals surface area contributed by atoms with Crippen molar-refractivity contribution in [1.82, 2.24) is 14.9 Å². The van der Waals surface area contributed by atoms with Gasteiger partial charge in [-0.25, -0.2) is 9.78 Å². The Kier molecular flexibility index (Phi) is 4.57. The van der Waals surface area contributed by atoms with Crippen molar-refractivity contribution in [3.8, 4) is 0 Å². The van der Waals surface area contributed by atoms with Crippen LogP contribution in [0.2, 0.25) is 5.28 Å². The van der Waals surface area contributed by atoms with Crippen LogP contribution < -0.4 is 4.90 Å². The van der Waals surface area contributed by atoms with Crippen LogP contribution in [-0.2, 0) is 4.74 Å². The highest BCUT2D eigenvalue weighted by atomic mass is 35.5. The second-order valence-electron chi connectivity index (χ2n) is 6.92. The van der Waals surface area contributed by atoms with Gasteiger partial charge < -0.3 is 14.5 Å². The van der Waals surface area contributed by atoms with E-state index >= 15 is 0 Å². The normalized spacial score (nSPS) is 19.0. The molecule has 1 saturated heterocycles. The van der Waals surface area contributed by atoms with E-state index in [2.05, 4.69) is 21.8 Å². The van der Waals surface area contributed by atoms with Gasteiger partial charge in [0.05, 0.1) is 10.2 Å². The third kappa shape index (κ3) is 3.57. The molecule has 0 unspecified atom stereocenters. The van der Waals surface area contributed by atoms with Crippen LogP contribution in [0.15, 0.2) is 11.4 Å². The molecule has 2 aromatic rings. The van der Waals surface area contributed by atoms with E-state index in [0.717, 1.165) is 16.0 Å². The van der Waals surface area contributed by atoms with E-state index in [1.165, 1.54) is 0 Å². The average Bonchev–Trinajstić information content (AvgIpc) is 2.92. The molecule has 1 amide bonds. The molecule has 0 radical (unpaired) electrons. The van der Waals surface area contributed by atoms with Gasteiger partial charge in [-0.15, -0.1) is 11.3 Å². The Morgan fingerprint density at radius 1 is 1.38 bits per heavy atom. The second kappa shape index (κ2) is 6.37. The van der Waals surface area contributed by atoms with E-state index in [0.29, 0.717) is 19.6 Å². The Morgan fingerprint density at radius 2 is 2.12 bits per heavy atom. The van der Waals surface area contributed by atoms with E-state index in [1.54, 1.807) is 16.2 Å². The van der Waals surface area contributed by atoms with E-state index in [9.17, 15) is 4.79 Å². The number of amides is 1. The van der Waals surface area contributed by atoms with Gasteiger partial charge in [-0.3, -0.25) is 0 Å². The van der Waals surface area contributed by atoms with Crippen LogP contribution in [0.4, 0.5) is 10.6 Å². The van der Waals surface area contributed by atoms with Crippen LogP contribution in [0.5, 0.6) is 0 Å². The first-order chi connectivity index (χ1) is 11.2. The Morgan fingerprint density at radius 3 is 2.79 bits per heavy atom. The van der Waals surface area contributed by atoms with E-state index in [1.807, 2.05) is 32.2 Å². The highest BCUT2D eigenvalue weighted by Crippen LogP contribution is 2.32. The van der Waals surface area contributed by atoms with Gasteiger partial charge >= 0.3 is 6.09 Å². The monoisotopic (exact) mass is 368 g/mol. The molecule has 0 bridgehead atoms. The number of carbonyl (C=O) groups excluding carboxylic acids is 1. The van der Waals surface area contributed by atoms with Gasteiger partial charge in [0.1, 0.15) is 5.60 Å². The fourth-order valence-corrected chi connectivity index (χ4v) is 3.79. The third-order valence-corrected chi connectivity index (χ3v) is 4.88. The fraction of sp³-hybridized carbons (Fsp3) is 0.562. The Hall–Kier alpha value is -1.60. The molecule has 1 atom stereocenters. The summed E-state index contributed by atoms with van der Waals surface area (Å²) in [6.45, 7) is 9.56. The maximum atomic E-state index is 12.3. The topological polar surface area (TPSA) is 58.6 Å². The second-order valence-corrected chi connectivity index (χ2v) is 8.17. The zero-order valence-corrected chi connectivity index (χ0v) is 15.8. The Balaban J connectivity index is 1.78. The number of piperazine rings is 1. The number of halogens is 1. The van der Waals surface area contributed by atoms with Crippen molar-refractivity contribution in [3.05, 3.63) is 16.7 Å². The summed E-state index contributed by atoms with van der Waals surface area (Å²) in [7, 11) is 0. The number of thiophene rings is 1. The Bertz CT molecular complexity index is 758. The SMILES string of the molecule is C[C@H]1CN(C(=O)OC(C)(C)C)CCN1c1nc(Cl)nc2ccsc12. The lowest BCUT2D eigenvalue weighted by atomic mass is 10.2. The van der Waals surface area contributed by atoms with Crippen LogP contribution in [0.3, 0.4) is 0 Å². The minimum Gasteiger partial charge on any atom is -0.444 e. The van der Waals surface area contributed by atoms with Crippen molar-refractivity contribution >= 4 is 45.1 Å². The van der Waals surface area contributed by atoms with Crippen molar-refractivity contribution in [2.75, 3.05) is 24.5 Å². The summed E-state index contributed by atoms with van der Waals surface area (Å²) in [6, 6.07) is 2.06. The smallest absolute Gasteiger partial charge is 0.410 e. The predicted octanol–water partition coefficient (Wildman–Crippen LogP) is 3.79. The lowest BCUT2D eigenvalue weighted by molar-refractivity contribution is 0.0218. The standard InChI is InChI=1S/C16H21ClN4O2S/c1-10-9-20(15(22)23-16(2,3)4)6-7-21(10)13-12-11(5-8-24-12)18-14(17)19-13/h5,8,10H,6-7,9H2,1-4H3/t10-/m0/s1. The van der Waals surface area contributed by atoms with Crippen molar-refractivity contribution < 1.29 is 9.53 Å². The summed E-state index contributed by atoms with van der Waals surface area (Å²) in [5.41, 5.74) is 0.373. The number of nitrogens with zero attached hydrogens (tertiary/aromatic N) is 4. The molecule has 0 saturated carbocycles. The minimum atomic E-state index is -0.485. The lowest BCUT2D eigenvalue weighted by Gasteiger charge is -2.40. The van der Waals surface area contributed by atoms with E-state index < -0.39 is 5.60 Å². The summed E-state index contributed by atoms with van der Waals surface area (Å²) in [6.07, 6.45) is -0.268. The summed E-state index contributed by atoms with van der Waals surface area (Å²) < 4.78 is 6.49. The molecule has 3 rings (SSSR count). The number of ether oxygens (including phenoxy) is 1. The predicted molar refractivity (Wildman–Crippen MR) is 97.0 cm³/mol. The number of rotatable bonds is 1. The van der Waals surface area contributed by atoms with Crippen molar-refractivity contribution in [3.63, 3.8) is 0 Å². The first-order valence-corrected chi connectivity index (χ1v) is 9.15. The summed E-state index contributed by atoms with van der Waals surface area (Å²) in [5.74, 6) is 0.844. The largest absolute Gasteiger partial charge is 0.444 e. The fourth-order valence-electron chi connectivity index (χ4n) is 2.78. The molecule has 0 N–H and O–H groups in total. The van der Waals surface area contributed by atoms with E-state index in [4.69, 9.17) is 16.3 Å². The van der Waals surface area contributed by atoms with Crippen LogP contribution in [0, 0.1) is 0 Å². The van der Waals surface area contributed by atoms with Crippen molar-refractivity contribution in [2.24, 2.45) is 0 Å². The van der Waals surface area contributed by atoms with Gasteiger partial charge in [0.15, 0.2) is 5.82 Å². The van der Waals surface area contributed by atoms with Gasteiger partial charge in [0, 0.05) is 25.7 Å². The quantitative estimate of drug-likeness (QED) is 0.717. The average molecular weight is 369 g/mol. The van der Waals surface area contributed by atoms with Crippen LogP contribution in [0.1, 0.15) is 27.7 Å². The first kappa shape index (κ1) is 17.2. The lowest BCUT2D eigenvalue weighted by Crippen LogP contribution is -2.54. The molecule has 1 aliphatic rings. The molecular weight excluding hydrogens is 348 g/mol. The zero-order chi connectivity index (χ0) is 17.5. The van der Waals surface area contributed by atoms with Gasteiger partial charge in [0.25, 0.3) is 0 Å². The molecule has 24 heavy (non-hydrogen) atoms. The molecule has 1 fully saturated rings. The van der Waals surface area contributed by atoms with Crippen LogP contribution in [-0.4, -0.2) is 52.2 Å². The molecule has 0 aromatic carbocycles. The molecule has 2 aromatic heterocycles. The highest BCUT2D eigenvalue weighted by Gasteiger charge is 2.31. The number of anilines is 1. The van der Waals surface area contributed by atoms with Gasteiger partial charge in [-0.05, 0) is 50.7 Å². The van der Waals surface area contributed by atoms with Gasteiger partial charge in [0.2, 0.25) is 5.28 Å². The third-order valence-electron chi connectivity index (χ3n) is 3.81. The molecule has 6 nitrogen and oxygen atoms in total. The molecular formula is C16H21ClN4O2S. The summed E-state index contributed by atoms with van der Waals surface area (Å²) in [4.78, 5) is 24.9. The highest BCUT2D eigenvalue weighted by molar-refractivity contribution is 7.17. The summed E-state index contributed by atoms with van der Waals surface area (Å²) in [5, 5.41) is 2.23. The molecule has 3 heterocycles. The number of hydrogen-bond donors (Lipinski definition) is 0. The Labute approximate surface area is 150 Å². The van der Waals surface area contributed by atoms with Gasteiger partial charge in [-0.1, -0.05) is 0 Å². The van der Waals surface area contributed by atoms with E-state index in [-0.39, 0.29) is 17.4 Å². The zero-order valence-electron chi connectivity index (χ0n) is 14.2. The molecule has 0 aliphatic carbocycles. The summed E-state index contributed by atoms with van der Waals surface area (Å²) >= 11 is 7.67. The minimum absolute atomic E-state index is 0.113. The number of hydrogen-bond acceptors (Lipinski definition) is 6. The molecule has 0 spiro atoms.